The number of methoxy groups -OCH3 is 1. The summed E-state index contributed by atoms with van der Waals surface area (Å²) in [6.45, 7) is 11.6. The molecule has 7 rings (SSSR count). The maximum Gasteiger partial charge on any atom is 0.259 e. The van der Waals surface area contributed by atoms with Gasteiger partial charge in [-0.2, -0.15) is 0 Å². The number of thiazole rings is 1. The summed E-state index contributed by atoms with van der Waals surface area (Å²) in [5.74, 6) is -1.26. The molecule has 0 bridgehead atoms. The van der Waals surface area contributed by atoms with Gasteiger partial charge in [-0.05, 0) is 62.5 Å². The van der Waals surface area contributed by atoms with Crippen LogP contribution >= 0.6 is 11.3 Å². The zero-order chi connectivity index (χ0) is 41.0. The fourth-order valence-corrected chi connectivity index (χ4v) is 9.99. The minimum atomic E-state index is -3.90. The highest BCUT2D eigenvalue weighted by atomic mass is 32.2. The number of allylic oxidation sites excluding steroid dienone is 1. The van der Waals surface area contributed by atoms with Crippen molar-refractivity contribution in [3.63, 3.8) is 0 Å². The number of hydrogen-bond acceptors (Lipinski definition) is 11. The minimum absolute atomic E-state index is 0.000986. The molecule has 1 aromatic carbocycles. The Morgan fingerprint density at radius 3 is 2.54 bits per heavy atom. The lowest BCUT2D eigenvalue weighted by atomic mass is 9.85. The molecule has 0 radical (unpaired) electrons. The van der Waals surface area contributed by atoms with Gasteiger partial charge in [-0.15, -0.1) is 11.3 Å². The number of carbonyl (C=O) groups excluding carboxylic acids is 4. The molecule has 2 aliphatic heterocycles. The van der Waals surface area contributed by atoms with Gasteiger partial charge in [-0.1, -0.05) is 46.8 Å². The highest BCUT2D eigenvalue weighted by molar-refractivity contribution is 7.91. The van der Waals surface area contributed by atoms with Crippen LogP contribution in [0.5, 0.6) is 11.5 Å². The Balaban J connectivity index is 1.26. The van der Waals surface area contributed by atoms with Crippen LogP contribution in [0.1, 0.15) is 96.7 Å². The Bertz CT molecular complexity index is 2240. The molecular weight excluding hydrogens is 769 g/mol. The molecule has 3 N–H and O–H groups in total. The summed E-state index contributed by atoms with van der Waals surface area (Å²) in [6, 6.07) is 3.45. The van der Waals surface area contributed by atoms with Crippen LogP contribution in [0.4, 0.5) is 0 Å². The van der Waals surface area contributed by atoms with E-state index in [0.29, 0.717) is 58.8 Å². The number of hydrogen-bond donors (Lipinski definition) is 3. The molecule has 306 valence electrons. The fraction of sp³-hybridized carbons (Fsp3) is 0.561. The number of aryl methyl sites for hydroxylation is 1. The van der Waals surface area contributed by atoms with Gasteiger partial charge in [0.2, 0.25) is 27.7 Å². The SMILES string of the molecule is COc1ccc2c(O[C@@H]3C[C@H]4C(=O)N[C@]5(C(=O)NS(=O)(=O)C6CC6)C[C@@H]5/C=C\CCCC(=O)N[C@@H](C(C)(C)C)C(=O)N4C3)cc(-c3nc(C(C)C)cs3)nc2c1C. The van der Waals surface area contributed by atoms with Crippen molar-refractivity contribution in [2.24, 2.45) is 11.3 Å². The first-order valence-electron chi connectivity index (χ1n) is 19.7. The molecule has 5 atom stereocenters. The molecule has 2 aromatic heterocycles. The van der Waals surface area contributed by atoms with Crippen LogP contribution in [0, 0.1) is 18.3 Å². The number of ether oxygens (including phenoxy) is 2. The van der Waals surface area contributed by atoms with E-state index >= 15 is 0 Å². The largest absolute Gasteiger partial charge is 0.496 e. The molecule has 2 aliphatic carbocycles. The smallest absolute Gasteiger partial charge is 0.259 e. The predicted molar refractivity (Wildman–Crippen MR) is 216 cm³/mol. The minimum Gasteiger partial charge on any atom is -0.496 e. The Hall–Kier alpha value is -4.57. The van der Waals surface area contributed by atoms with Crippen LogP contribution in [0.25, 0.3) is 21.6 Å². The number of pyridine rings is 1. The van der Waals surface area contributed by atoms with Crippen molar-refractivity contribution in [3.05, 3.63) is 47.0 Å². The van der Waals surface area contributed by atoms with Crippen molar-refractivity contribution in [3.8, 4) is 22.2 Å². The number of nitrogens with zero attached hydrogens (tertiary/aromatic N) is 3. The Morgan fingerprint density at radius 2 is 1.88 bits per heavy atom. The summed E-state index contributed by atoms with van der Waals surface area (Å²) in [6.07, 6.45) is 5.35. The number of benzene rings is 1. The van der Waals surface area contributed by atoms with Gasteiger partial charge in [-0.25, -0.2) is 18.4 Å². The lowest BCUT2D eigenvalue weighted by molar-refractivity contribution is -0.144. The van der Waals surface area contributed by atoms with Gasteiger partial charge in [-0.3, -0.25) is 23.9 Å². The second-order valence-corrected chi connectivity index (χ2v) is 20.0. The Morgan fingerprint density at radius 1 is 1.12 bits per heavy atom. The molecule has 3 aromatic rings. The molecule has 0 spiro atoms. The van der Waals surface area contributed by atoms with E-state index in [1.165, 1.54) is 16.2 Å². The number of rotatable bonds is 8. The lowest BCUT2D eigenvalue weighted by Crippen LogP contribution is -2.60. The molecule has 4 amide bonds. The van der Waals surface area contributed by atoms with Gasteiger partial charge in [0.25, 0.3) is 5.91 Å². The van der Waals surface area contributed by atoms with Gasteiger partial charge < -0.3 is 25.0 Å². The van der Waals surface area contributed by atoms with Crippen molar-refractivity contribution in [2.75, 3.05) is 13.7 Å². The fourth-order valence-electron chi connectivity index (χ4n) is 7.69. The third-order valence-electron chi connectivity index (χ3n) is 11.4. The summed E-state index contributed by atoms with van der Waals surface area (Å²) in [5, 5.41) is 8.66. The molecule has 2 saturated carbocycles. The number of sulfonamides is 1. The molecule has 1 saturated heterocycles. The zero-order valence-electron chi connectivity index (χ0n) is 33.5. The summed E-state index contributed by atoms with van der Waals surface area (Å²) in [4.78, 5) is 67.5. The third-order valence-corrected chi connectivity index (χ3v) is 14.1. The van der Waals surface area contributed by atoms with Gasteiger partial charge in [0.15, 0.2) is 0 Å². The summed E-state index contributed by atoms with van der Waals surface area (Å²) in [7, 11) is -2.31. The van der Waals surface area contributed by atoms with Crippen LogP contribution < -0.4 is 24.8 Å². The Kier molecular flexibility index (Phi) is 10.9. The average molecular weight is 821 g/mol. The maximum absolute atomic E-state index is 14.7. The quantitative estimate of drug-likeness (QED) is 0.264. The molecule has 57 heavy (non-hydrogen) atoms. The highest BCUT2D eigenvalue weighted by Crippen LogP contribution is 2.46. The summed E-state index contributed by atoms with van der Waals surface area (Å²) < 4.78 is 40.5. The van der Waals surface area contributed by atoms with Crippen molar-refractivity contribution >= 4 is 55.9 Å². The van der Waals surface area contributed by atoms with Gasteiger partial charge in [0, 0.05) is 41.2 Å². The van der Waals surface area contributed by atoms with Crippen molar-refractivity contribution < 1.29 is 37.1 Å². The van der Waals surface area contributed by atoms with Crippen LogP contribution in [0.15, 0.2) is 35.7 Å². The van der Waals surface area contributed by atoms with E-state index in [0.717, 1.165) is 11.3 Å². The van der Waals surface area contributed by atoms with Crippen molar-refractivity contribution in [1.82, 2.24) is 30.2 Å². The molecule has 3 fully saturated rings. The first-order valence-corrected chi connectivity index (χ1v) is 22.1. The van der Waals surface area contributed by atoms with E-state index in [1.54, 1.807) is 13.2 Å². The molecular formula is C41H52N6O8S2. The maximum atomic E-state index is 14.7. The van der Waals surface area contributed by atoms with E-state index in [4.69, 9.17) is 19.4 Å². The van der Waals surface area contributed by atoms with E-state index < -0.39 is 68.1 Å². The number of carbonyl (C=O) groups is 4. The predicted octanol–water partition coefficient (Wildman–Crippen LogP) is 4.90. The Labute approximate surface area is 337 Å². The molecule has 4 aliphatic rings. The number of amides is 4. The molecule has 14 nitrogen and oxygen atoms in total. The van der Waals surface area contributed by atoms with Crippen molar-refractivity contribution in [2.45, 2.75) is 121 Å². The van der Waals surface area contributed by atoms with Gasteiger partial charge in [0.05, 0.1) is 30.1 Å². The number of nitrogens with one attached hydrogen (secondary N) is 3. The number of fused-ring (bicyclic) bond motifs is 3. The highest BCUT2D eigenvalue weighted by Gasteiger charge is 2.62. The lowest BCUT2D eigenvalue weighted by Gasteiger charge is -2.35. The normalized spacial score (nSPS) is 26.5. The molecule has 0 unspecified atom stereocenters. The van der Waals surface area contributed by atoms with Crippen LogP contribution in [-0.4, -0.2) is 89.5 Å². The monoisotopic (exact) mass is 820 g/mol. The van der Waals surface area contributed by atoms with Crippen LogP contribution in [-0.2, 0) is 29.2 Å². The third kappa shape index (κ3) is 8.25. The topological polar surface area (TPSA) is 186 Å². The summed E-state index contributed by atoms with van der Waals surface area (Å²) >= 11 is 1.48. The van der Waals surface area contributed by atoms with E-state index in [1.807, 2.05) is 57.4 Å². The first kappa shape index (κ1) is 40.6. The molecule has 4 heterocycles. The second kappa shape index (κ2) is 15.3. The first-order chi connectivity index (χ1) is 26.9. The van der Waals surface area contributed by atoms with Gasteiger partial charge >= 0.3 is 0 Å². The zero-order valence-corrected chi connectivity index (χ0v) is 35.1. The number of aromatic nitrogens is 2. The average Bonchev–Trinajstić information content (AvgIpc) is 4.02. The van der Waals surface area contributed by atoms with Crippen LogP contribution in [0.3, 0.4) is 0 Å². The van der Waals surface area contributed by atoms with E-state index in [-0.39, 0.29) is 37.6 Å². The second-order valence-electron chi connectivity index (χ2n) is 17.1. The summed E-state index contributed by atoms with van der Waals surface area (Å²) in [5.41, 5.74) is 0.760. The van der Waals surface area contributed by atoms with Crippen molar-refractivity contribution in [1.29, 1.82) is 0 Å². The molecule has 16 heteroatoms. The van der Waals surface area contributed by atoms with Gasteiger partial charge in [0.1, 0.15) is 45.9 Å². The van der Waals surface area contributed by atoms with E-state index in [2.05, 4.69) is 29.2 Å². The van der Waals surface area contributed by atoms with E-state index in [9.17, 15) is 27.6 Å². The standard InChI is InChI=1S/C41H52N6O8S2/c1-22(2)29-21-56-37(43-29)28-18-32(27-15-16-31(54-7)23(3)34(27)42-28)55-25-17-30-36(49)45-41(39(51)46-57(52,53)26-13-14-26)19-24(41)11-9-8-10-12-33(48)44-35(40(4,5)6)38(50)47(30)20-25/h9,11,15-16,18,21-22,24-26,30,35H,8,10,12-14,17,19-20H2,1-7H3,(H,44,48)(H,45,49)(H,46,51)/b11-9-/t24-,25+,30-,35+,41+/m0/s1. The van der Waals surface area contributed by atoms with Crippen LogP contribution in [0.2, 0.25) is 0 Å².